The Labute approximate surface area is 63.9 Å². The molecule has 2 rings (SSSR count). The monoisotopic (exact) mass is 158 g/mol. The van der Waals surface area contributed by atoms with Crippen molar-refractivity contribution in [2.75, 3.05) is 19.7 Å². The van der Waals surface area contributed by atoms with Crippen LogP contribution in [0.4, 0.5) is 4.79 Å². The first-order valence-electron chi connectivity index (χ1n) is 3.62. The maximum Gasteiger partial charge on any atom is 0.411 e. The van der Waals surface area contributed by atoms with E-state index in [-0.39, 0.29) is 12.3 Å². The molecule has 5 nitrogen and oxygen atoms in total. The summed E-state index contributed by atoms with van der Waals surface area (Å²) < 4.78 is 4.76. The fourth-order valence-electron chi connectivity index (χ4n) is 1.38. The summed E-state index contributed by atoms with van der Waals surface area (Å²) in [6, 6.07) is 0. The number of nitrogens with one attached hydrogen (secondary N) is 1. The number of fused-ring (bicyclic) bond motifs is 1. The zero-order valence-corrected chi connectivity index (χ0v) is 5.99. The van der Waals surface area contributed by atoms with Crippen molar-refractivity contribution in [1.82, 2.24) is 10.2 Å². The van der Waals surface area contributed by atoms with Gasteiger partial charge in [-0.3, -0.25) is 10.2 Å². The minimum absolute atomic E-state index is 0.0223. The van der Waals surface area contributed by atoms with Crippen molar-refractivity contribution in [2.45, 2.75) is 12.3 Å². The van der Waals surface area contributed by atoms with Crippen molar-refractivity contribution in [3.05, 3.63) is 0 Å². The van der Waals surface area contributed by atoms with Gasteiger partial charge >= 0.3 is 6.09 Å². The summed E-state index contributed by atoms with van der Waals surface area (Å²) in [5, 5.41) is 12.2. The molecule has 0 bridgehead atoms. The van der Waals surface area contributed by atoms with E-state index in [0.29, 0.717) is 19.7 Å². The van der Waals surface area contributed by atoms with Crippen molar-refractivity contribution < 1.29 is 14.6 Å². The number of rotatable bonds is 0. The minimum atomic E-state index is -0.461. The Hall–Kier alpha value is -0.810. The molecule has 2 aliphatic rings. The van der Waals surface area contributed by atoms with Gasteiger partial charge in [0, 0.05) is 6.54 Å². The molecule has 0 radical (unpaired) electrons. The van der Waals surface area contributed by atoms with Crippen LogP contribution in [0.1, 0.15) is 0 Å². The second-order valence-corrected chi connectivity index (χ2v) is 2.81. The Morgan fingerprint density at radius 3 is 3.36 bits per heavy atom. The number of β-amino-alcohol motifs (C(OH)–C–C–N with tert-alkyl or cyclic N) is 1. The standard InChI is InChI=1S/C6H10N2O3/c9-4-1-7-5-3-11-6(10)8(5)2-4/h4-5,7,9H,1-3H2/t4-,5-/m1/s1. The Morgan fingerprint density at radius 2 is 2.55 bits per heavy atom. The van der Waals surface area contributed by atoms with E-state index >= 15 is 0 Å². The zero-order valence-electron chi connectivity index (χ0n) is 5.99. The molecule has 2 aliphatic heterocycles. The lowest BCUT2D eigenvalue weighted by molar-refractivity contribution is 0.0700. The third-order valence-electron chi connectivity index (χ3n) is 1.97. The van der Waals surface area contributed by atoms with E-state index in [1.807, 2.05) is 0 Å². The Kier molecular flexibility index (Phi) is 1.47. The first-order chi connectivity index (χ1) is 5.27. The summed E-state index contributed by atoms with van der Waals surface area (Å²) in [7, 11) is 0. The normalized spacial score (nSPS) is 36.8. The number of amides is 1. The van der Waals surface area contributed by atoms with Crippen LogP contribution < -0.4 is 5.32 Å². The molecule has 2 atom stereocenters. The number of carbonyl (C=O) groups excluding carboxylic acids is 1. The summed E-state index contributed by atoms with van der Waals surface area (Å²) in [6.07, 6.45) is -0.816. The molecule has 0 aromatic heterocycles. The number of nitrogens with zero attached hydrogens (tertiary/aromatic N) is 1. The van der Waals surface area contributed by atoms with Gasteiger partial charge in [0.25, 0.3) is 0 Å². The van der Waals surface area contributed by atoms with Crippen LogP contribution in [0.2, 0.25) is 0 Å². The summed E-state index contributed by atoms with van der Waals surface area (Å²) in [6.45, 7) is 1.32. The summed E-state index contributed by atoms with van der Waals surface area (Å²) in [4.78, 5) is 12.4. The van der Waals surface area contributed by atoms with E-state index in [0.717, 1.165) is 0 Å². The largest absolute Gasteiger partial charge is 0.446 e. The molecule has 2 saturated heterocycles. The zero-order chi connectivity index (χ0) is 7.84. The highest BCUT2D eigenvalue weighted by molar-refractivity contribution is 5.70. The Balaban J connectivity index is 2.07. The van der Waals surface area contributed by atoms with Gasteiger partial charge in [0.15, 0.2) is 0 Å². The number of ether oxygens (including phenoxy) is 1. The first kappa shape index (κ1) is 6.87. The van der Waals surface area contributed by atoms with Crippen LogP contribution >= 0.6 is 0 Å². The van der Waals surface area contributed by atoms with Gasteiger partial charge in [0.05, 0.1) is 12.6 Å². The molecule has 0 unspecified atom stereocenters. The van der Waals surface area contributed by atoms with E-state index < -0.39 is 6.10 Å². The molecule has 11 heavy (non-hydrogen) atoms. The second-order valence-electron chi connectivity index (χ2n) is 2.81. The second kappa shape index (κ2) is 2.35. The number of aliphatic hydroxyl groups excluding tert-OH is 1. The van der Waals surface area contributed by atoms with Crippen molar-refractivity contribution in [3.8, 4) is 0 Å². The molecule has 0 spiro atoms. The predicted molar refractivity (Wildman–Crippen MR) is 35.9 cm³/mol. The lowest BCUT2D eigenvalue weighted by Gasteiger charge is -2.30. The van der Waals surface area contributed by atoms with Gasteiger partial charge < -0.3 is 9.84 Å². The summed E-state index contributed by atoms with van der Waals surface area (Å²) in [5.74, 6) is 0. The van der Waals surface area contributed by atoms with Gasteiger partial charge in [-0.25, -0.2) is 4.79 Å². The maximum absolute atomic E-state index is 10.9. The minimum Gasteiger partial charge on any atom is -0.446 e. The van der Waals surface area contributed by atoms with Crippen LogP contribution in [0.3, 0.4) is 0 Å². The van der Waals surface area contributed by atoms with E-state index in [1.165, 1.54) is 4.90 Å². The summed E-state index contributed by atoms with van der Waals surface area (Å²) in [5.41, 5.74) is 0. The first-order valence-corrected chi connectivity index (χ1v) is 3.62. The van der Waals surface area contributed by atoms with Gasteiger partial charge in [-0.15, -0.1) is 0 Å². The fraction of sp³-hybridized carbons (Fsp3) is 0.833. The Morgan fingerprint density at radius 1 is 1.73 bits per heavy atom. The quantitative estimate of drug-likeness (QED) is 0.461. The van der Waals surface area contributed by atoms with E-state index in [4.69, 9.17) is 9.84 Å². The van der Waals surface area contributed by atoms with Crippen LogP contribution in [-0.2, 0) is 4.74 Å². The molecule has 2 heterocycles. The highest BCUT2D eigenvalue weighted by atomic mass is 16.6. The van der Waals surface area contributed by atoms with Crippen LogP contribution in [0.5, 0.6) is 0 Å². The molecule has 2 N–H and O–H groups in total. The number of hydrogen-bond acceptors (Lipinski definition) is 4. The molecule has 5 heteroatoms. The van der Waals surface area contributed by atoms with Crippen LogP contribution in [0.25, 0.3) is 0 Å². The lowest BCUT2D eigenvalue weighted by Crippen LogP contribution is -2.56. The van der Waals surface area contributed by atoms with Gasteiger partial charge in [-0.1, -0.05) is 0 Å². The smallest absolute Gasteiger partial charge is 0.411 e. The predicted octanol–water partition coefficient (Wildman–Crippen LogP) is -1.27. The molecule has 0 aliphatic carbocycles. The van der Waals surface area contributed by atoms with E-state index in [1.54, 1.807) is 0 Å². The number of carbonyl (C=O) groups is 1. The van der Waals surface area contributed by atoms with Crippen molar-refractivity contribution in [1.29, 1.82) is 0 Å². The highest BCUT2D eigenvalue weighted by Gasteiger charge is 2.37. The third kappa shape index (κ3) is 1.06. The molecule has 0 saturated carbocycles. The number of cyclic esters (lactones) is 1. The maximum atomic E-state index is 10.9. The molecule has 0 aromatic rings. The molecular formula is C6H10N2O3. The number of aliphatic hydroxyl groups is 1. The van der Waals surface area contributed by atoms with Gasteiger partial charge in [-0.2, -0.15) is 0 Å². The van der Waals surface area contributed by atoms with Crippen LogP contribution in [0, 0.1) is 0 Å². The van der Waals surface area contributed by atoms with E-state index in [9.17, 15) is 4.79 Å². The molecule has 2 fully saturated rings. The van der Waals surface area contributed by atoms with Crippen molar-refractivity contribution >= 4 is 6.09 Å². The third-order valence-corrected chi connectivity index (χ3v) is 1.97. The van der Waals surface area contributed by atoms with Gasteiger partial charge in [-0.05, 0) is 0 Å². The molecular weight excluding hydrogens is 148 g/mol. The van der Waals surface area contributed by atoms with Gasteiger partial charge in [0.2, 0.25) is 0 Å². The summed E-state index contributed by atoms with van der Waals surface area (Å²) >= 11 is 0. The van der Waals surface area contributed by atoms with Crippen LogP contribution in [0.15, 0.2) is 0 Å². The van der Waals surface area contributed by atoms with Crippen molar-refractivity contribution in [3.63, 3.8) is 0 Å². The van der Waals surface area contributed by atoms with Crippen LogP contribution in [-0.4, -0.2) is 48.1 Å². The number of hydrogen-bond donors (Lipinski definition) is 2. The molecule has 62 valence electrons. The molecule has 1 amide bonds. The Bertz CT molecular complexity index is 185. The molecule has 0 aromatic carbocycles. The topological polar surface area (TPSA) is 61.8 Å². The average molecular weight is 158 g/mol. The lowest BCUT2D eigenvalue weighted by atomic mass is 10.2. The SMILES string of the molecule is O=C1OC[C@@H]2NC[C@@H](O)CN12. The highest BCUT2D eigenvalue weighted by Crippen LogP contribution is 2.13. The van der Waals surface area contributed by atoms with Crippen molar-refractivity contribution in [2.24, 2.45) is 0 Å². The fourth-order valence-corrected chi connectivity index (χ4v) is 1.38. The van der Waals surface area contributed by atoms with Gasteiger partial charge in [0.1, 0.15) is 12.8 Å². The average Bonchev–Trinajstić information content (AvgIpc) is 2.33. The van der Waals surface area contributed by atoms with E-state index in [2.05, 4.69) is 5.32 Å².